The highest BCUT2D eigenvalue weighted by Gasteiger charge is 2.11. The summed E-state index contributed by atoms with van der Waals surface area (Å²) >= 11 is 2.41. The van der Waals surface area contributed by atoms with E-state index in [4.69, 9.17) is 4.43 Å². The van der Waals surface area contributed by atoms with E-state index in [2.05, 4.69) is 50.3 Å². The standard InChI is InChI=1S/C9H21IOSi/c1-8(5-6-10)11-12-7-9(2,3)4/h8H,5-7,12H2,1-4H3/t8-/m0/s1. The molecule has 0 saturated heterocycles. The minimum Gasteiger partial charge on any atom is -0.421 e. The molecule has 0 rings (SSSR count). The Hall–Kier alpha value is 0.907. The van der Waals surface area contributed by atoms with Crippen LogP contribution in [-0.2, 0) is 4.43 Å². The van der Waals surface area contributed by atoms with Gasteiger partial charge >= 0.3 is 0 Å². The van der Waals surface area contributed by atoms with E-state index in [-0.39, 0.29) is 9.76 Å². The number of rotatable bonds is 5. The zero-order valence-corrected chi connectivity index (χ0v) is 12.3. The maximum absolute atomic E-state index is 5.79. The van der Waals surface area contributed by atoms with Crippen LogP contribution in [0.1, 0.15) is 34.1 Å². The molecule has 0 bridgehead atoms. The van der Waals surface area contributed by atoms with Crippen LogP contribution in [0.4, 0.5) is 0 Å². The highest BCUT2D eigenvalue weighted by molar-refractivity contribution is 14.1. The summed E-state index contributed by atoms with van der Waals surface area (Å²) < 4.78 is 7.00. The van der Waals surface area contributed by atoms with E-state index in [1.165, 1.54) is 16.9 Å². The molecular weight excluding hydrogens is 279 g/mol. The van der Waals surface area contributed by atoms with Crippen LogP contribution in [0, 0.1) is 5.41 Å². The van der Waals surface area contributed by atoms with Crippen LogP contribution >= 0.6 is 22.6 Å². The Balaban J connectivity index is 3.31. The minimum atomic E-state index is -0.264. The van der Waals surface area contributed by atoms with Crippen LogP contribution < -0.4 is 0 Å². The van der Waals surface area contributed by atoms with E-state index >= 15 is 0 Å². The molecule has 0 aliphatic rings. The molecule has 0 aromatic carbocycles. The smallest absolute Gasteiger partial charge is 0.162 e. The first-order chi connectivity index (χ1) is 5.45. The SMILES string of the molecule is C[C@@H](CCI)O[SiH2]CC(C)(C)C. The molecule has 0 heterocycles. The second-order valence-corrected chi connectivity index (χ2v) is 6.79. The van der Waals surface area contributed by atoms with Crippen LogP contribution in [0.15, 0.2) is 0 Å². The molecule has 0 aromatic heterocycles. The highest BCUT2D eigenvalue weighted by Crippen LogP contribution is 2.18. The minimum absolute atomic E-state index is 0.264. The fourth-order valence-electron chi connectivity index (χ4n) is 0.803. The maximum atomic E-state index is 5.79. The molecule has 0 amide bonds. The maximum Gasteiger partial charge on any atom is 0.162 e. The predicted octanol–water partition coefficient (Wildman–Crippen LogP) is 2.76. The van der Waals surface area contributed by atoms with Crippen molar-refractivity contribution in [2.45, 2.75) is 46.3 Å². The van der Waals surface area contributed by atoms with Crippen LogP contribution in [0.3, 0.4) is 0 Å². The Bertz CT molecular complexity index is 112. The first-order valence-corrected chi connectivity index (χ1v) is 7.73. The van der Waals surface area contributed by atoms with Crippen LogP contribution in [-0.4, -0.2) is 20.3 Å². The van der Waals surface area contributed by atoms with Crippen LogP contribution in [0.25, 0.3) is 0 Å². The lowest BCUT2D eigenvalue weighted by atomic mass is 10.0. The Labute approximate surface area is 92.7 Å². The van der Waals surface area contributed by atoms with E-state index in [0.29, 0.717) is 11.5 Å². The third kappa shape index (κ3) is 9.00. The lowest BCUT2D eigenvalue weighted by molar-refractivity contribution is 0.225. The van der Waals surface area contributed by atoms with Crippen LogP contribution in [0.2, 0.25) is 6.04 Å². The van der Waals surface area contributed by atoms with Gasteiger partial charge in [0.25, 0.3) is 0 Å². The fraction of sp³-hybridized carbons (Fsp3) is 1.00. The van der Waals surface area contributed by atoms with Crippen molar-refractivity contribution < 1.29 is 4.43 Å². The topological polar surface area (TPSA) is 9.23 Å². The Morgan fingerprint density at radius 3 is 2.42 bits per heavy atom. The lowest BCUT2D eigenvalue weighted by Crippen LogP contribution is -2.16. The molecule has 1 atom stereocenters. The first-order valence-electron chi connectivity index (χ1n) is 4.63. The van der Waals surface area contributed by atoms with E-state index in [1.807, 2.05) is 0 Å². The molecule has 0 spiro atoms. The third-order valence-corrected chi connectivity index (χ3v) is 4.90. The zero-order chi connectivity index (χ0) is 9.61. The largest absolute Gasteiger partial charge is 0.421 e. The molecule has 0 saturated carbocycles. The van der Waals surface area contributed by atoms with Crippen molar-refractivity contribution >= 4 is 32.4 Å². The summed E-state index contributed by atoms with van der Waals surface area (Å²) in [6, 6.07) is 1.29. The van der Waals surface area contributed by atoms with Gasteiger partial charge in [0, 0.05) is 10.5 Å². The Morgan fingerprint density at radius 2 is 2.00 bits per heavy atom. The molecule has 0 aliphatic carbocycles. The molecule has 12 heavy (non-hydrogen) atoms. The highest BCUT2D eigenvalue weighted by atomic mass is 127. The van der Waals surface area contributed by atoms with Gasteiger partial charge in [-0.2, -0.15) is 0 Å². The van der Waals surface area contributed by atoms with E-state index in [9.17, 15) is 0 Å². The van der Waals surface area contributed by atoms with Gasteiger partial charge in [-0.25, -0.2) is 0 Å². The predicted molar refractivity (Wildman–Crippen MR) is 66.9 cm³/mol. The summed E-state index contributed by atoms with van der Waals surface area (Å²) in [4.78, 5) is 0. The summed E-state index contributed by atoms with van der Waals surface area (Å²) in [5.74, 6) is 0. The van der Waals surface area contributed by atoms with Crippen molar-refractivity contribution in [1.82, 2.24) is 0 Å². The van der Waals surface area contributed by atoms with Crippen molar-refractivity contribution in [3.63, 3.8) is 0 Å². The molecule has 3 heteroatoms. The van der Waals surface area contributed by atoms with Gasteiger partial charge in [0.05, 0.1) is 0 Å². The van der Waals surface area contributed by atoms with Gasteiger partial charge in [0.1, 0.15) is 0 Å². The van der Waals surface area contributed by atoms with E-state index in [0.717, 1.165) is 0 Å². The van der Waals surface area contributed by atoms with Crippen molar-refractivity contribution in [2.75, 3.05) is 4.43 Å². The molecule has 0 unspecified atom stereocenters. The number of alkyl halides is 1. The Kier molecular flexibility index (Phi) is 6.86. The molecule has 0 N–H and O–H groups in total. The summed E-state index contributed by atoms with van der Waals surface area (Å²) in [7, 11) is -0.264. The van der Waals surface area contributed by atoms with Crippen molar-refractivity contribution in [1.29, 1.82) is 0 Å². The van der Waals surface area contributed by atoms with Gasteiger partial charge in [-0.05, 0) is 24.8 Å². The second-order valence-electron chi connectivity index (χ2n) is 4.47. The van der Waals surface area contributed by atoms with Gasteiger partial charge in [-0.1, -0.05) is 43.4 Å². The van der Waals surface area contributed by atoms with Crippen molar-refractivity contribution in [2.24, 2.45) is 5.41 Å². The summed E-state index contributed by atoms with van der Waals surface area (Å²) in [5.41, 5.74) is 0.469. The van der Waals surface area contributed by atoms with Gasteiger partial charge in [0.2, 0.25) is 0 Å². The second kappa shape index (κ2) is 6.37. The van der Waals surface area contributed by atoms with Crippen molar-refractivity contribution in [3.8, 4) is 0 Å². The number of hydrogen-bond acceptors (Lipinski definition) is 1. The van der Waals surface area contributed by atoms with Gasteiger partial charge < -0.3 is 4.43 Å². The lowest BCUT2D eigenvalue weighted by Gasteiger charge is -2.19. The average molecular weight is 300 g/mol. The zero-order valence-electron chi connectivity index (χ0n) is 8.69. The normalized spacial score (nSPS) is 15.8. The van der Waals surface area contributed by atoms with Gasteiger partial charge in [0.15, 0.2) is 9.76 Å². The fourth-order valence-corrected chi connectivity index (χ4v) is 2.98. The quantitative estimate of drug-likeness (QED) is 0.431. The summed E-state index contributed by atoms with van der Waals surface area (Å²) in [6.07, 6.45) is 1.70. The molecule has 1 nitrogen and oxygen atoms in total. The summed E-state index contributed by atoms with van der Waals surface area (Å²) in [5, 5.41) is 0. The molecule has 0 fully saturated rings. The molecule has 0 aromatic rings. The third-order valence-electron chi connectivity index (χ3n) is 1.77. The van der Waals surface area contributed by atoms with E-state index in [1.54, 1.807) is 0 Å². The molecule has 0 radical (unpaired) electrons. The monoisotopic (exact) mass is 300 g/mol. The molecule has 74 valence electrons. The number of halogens is 1. The van der Waals surface area contributed by atoms with Crippen LogP contribution in [0.5, 0.6) is 0 Å². The van der Waals surface area contributed by atoms with E-state index < -0.39 is 0 Å². The number of hydrogen-bond donors (Lipinski definition) is 0. The average Bonchev–Trinajstić information content (AvgIpc) is 1.84. The summed E-state index contributed by atoms with van der Waals surface area (Å²) in [6.45, 7) is 9.04. The molecular formula is C9H21IOSi. The van der Waals surface area contributed by atoms with Crippen molar-refractivity contribution in [3.05, 3.63) is 0 Å². The Morgan fingerprint density at radius 1 is 1.42 bits per heavy atom. The van der Waals surface area contributed by atoms with Gasteiger partial charge in [-0.3, -0.25) is 0 Å². The van der Waals surface area contributed by atoms with Gasteiger partial charge in [-0.15, -0.1) is 0 Å². The molecule has 0 aliphatic heterocycles. The first kappa shape index (κ1) is 12.9.